The maximum absolute atomic E-state index is 11.5. The van der Waals surface area contributed by atoms with Crippen LogP contribution in [-0.4, -0.2) is 62.1 Å². The van der Waals surface area contributed by atoms with Crippen LogP contribution in [0.25, 0.3) is 0 Å². The van der Waals surface area contributed by atoms with E-state index in [1.165, 1.54) is 19.3 Å². The number of anilines is 1. The average Bonchev–Trinajstić information content (AvgIpc) is 2.88. The molecule has 0 amide bonds. The summed E-state index contributed by atoms with van der Waals surface area (Å²) in [7, 11) is -3.29. The number of hydrogen-bond acceptors (Lipinski definition) is 5. The average molecular weight is 379 g/mol. The lowest BCUT2D eigenvalue weighted by Crippen LogP contribution is -2.38. The molecule has 1 saturated heterocycles. The normalized spacial score (nSPS) is 22.6. The minimum absolute atomic E-state index is 0. The Morgan fingerprint density at radius 2 is 2.17 bits per heavy atom. The number of sulfonamides is 1. The lowest BCUT2D eigenvalue weighted by molar-refractivity contribution is -0.00982. The van der Waals surface area contributed by atoms with Crippen molar-refractivity contribution in [2.75, 3.05) is 37.2 Å². The first kappa shape index (κ1) is 19.5. The minimum atomic E-state index is -3.29. The molecule has 1 unspecified atom stereocenters. The molecule has 24 heavy (non-hydrogen) atoms. The van der Waals surface area contributed by atoms with E-state index in [1.807, 2.05) is 0 Å². The molecule has 3 rings (SSSR count). The Morgan fingerprint density at radius 3 is 2.83 bits per heavy atom. The fourth-order valence-electron chi connectivity index (χ4n) is 3.27. The van der Waals surface area contributed by atoms with E-state index in [4.69, 9.17) is 4.74 Å². The van der Waals surface area contributed by atoms with Gasteiger partial charge in [0.15, 0.2) is 0 Å². The largest absolute Gasteiger partial charge is 0.377 e. The molecule has 2 aliphatic rings. The summed E-state index contributed by atoms with van der Waals surface area (Å²) >= 11 is 0. The Kier molecular flexibility index (Phi) is 6.91. The summed E-state index contributed by atoms with van der Waals surface area (Å²) in [4.78, 5) is 2.40. The van der Waals surface area contributed by atoms with E-state index in [0.717, 1.165) is 51.0 Å². The number of rotatable bonds is 7. The second-order valence-corrected chi connectivity index (χ2v) is 8.38. The van der Waals surface area contributed by atoms with Crippen molar-refractivity contribution in [3.8, 4) is 0 Å². The Morgan fingerprint density at radius 1 is 1.38 bits per heavy atom. The van der Waals surface area contributed by atoms with Gasteiger partial charge in [0.05, 0.1) is 36.5 Å². The number of halogens is 1. The summed E-state index contributed by atoms with van der Waals surface area (Å²) in [6.07, 6.45) is 9.05. The molecule has 138 valence electrons. The maximum Gasteiger partial charge on any atom is 0.229 e. The number of H-pyrrole nitrogens is 1. The molecule has 1 aliphatic heterocycles. The van der Waals surface area contributed by atoms with Gasteiger partial charge in [0.1, 0.15) is 0 Å². The van der Waals surface area contributed by atoms with Crippen molar-refractivity contribution in [2.45, 2.75) is 44.1 Å². The van der Waals surface area contributed by atoms with Crippen molar-refractivity contribution in [3.05, 3.63) is 11.9 Å². The van der Waals surface area contributed by atoms with Gasteiger partial charge in [-0.15, -0.1) is 12.4 Å². The molecular formula is C15H27ClN4O3S. The maximum atomic E-state index is 11.5. The molecule has 1 aromatic heterocycles. The second-order valence-electron chi connectivity index (χ2n) is 6.64. The molecule has 2 N–H and O–H groups in total. The summed E-state index contributed by atoms with van der Waals surface area (Å²) in [6.45, 7) is 3.72. The van der Waals surface area contributed by atoms with Crippen molar-refractivity contribution in [1.29, 1.82) is 0 Å². The van der Waals surface area contributed by atoms with E-state index in [0.29, 0.717) is 11.8 Å². The number of aromatic nitrogens is 2. The number of piperidine rings is 1. The zero-order valence-electron chi connectivity index (χ0n) is 14.0. The van der Waals surface area contributed by atoms with Gasteiger partial charge in [0, 0.05) is 19.0 Å². The van der Waals surface area contributed by atoms with Crippen molar-refractivity contribution in [2.24, 2.45) is 0 Å². The molecule has 9 heteroatoms. The smallest absolute Gasteiger partial charge is 0.229 e. The topological polar surface area (TPSA) is 87.3 Å². The number of nitrogens with one attached hydrogen (secondary N) is 2. The third-order valence-electron chi connectivity index (χ3n) is 4.69. The fourth-order valence-corrected chi connectivity index (χ4v) is 3.83. The van der Waals surface area contributed by atoms with Gasteiger partial charge < -0.3 is 9.64 Å². The Bertz CT molecular complexity index is 618. The minimum Gasteiger partial charge on any atom is -0.377 e. The highest BCUT2D eigenvalue weighted by Gasteiger charge is 2.26. The number of likely N-dealkylation sites (tertiary alicyclic amines) is 1. The van der Waals surface area contributed by atoms with E-state index in [9.17, 15) is 8.42 Å². The van der Waals surface area contributed by atoms with Gasteiger partial charge >= 0.3 is 0 Å². The highest BCUT2D eigenvalue weighted by atomic mass is 35.5. The van der Waals surface area contributed by atoms with Gasteiger partial charge in [-0.3, -0.25) is 9.82 Å². The second kappa shape index (κ2) is 8.51. The van der Waals surface area contributed by atoms with Crippen molar-refractivity contribution in [3.63, 3.8) is 0 Å². The van der Waals surface area contributed by atoms with Gasteiger partial charge in [0.25, 0.3) is 0 Å². The third kappa shape index (κ3) is 5.34. The van der Waals surface area contributed by atoms with Crippen LogP contribution >= 0.6 is 12.4 Å². The first-order valence-corrected chi connectivity index (χ1v) is 10.3. The van der Waals surface area contributed by atoms with E-state index >= 15 is 0 Å². The van der Waals surface area contributed by atoms with Crippen LogP contribution in [0, 0.1) is 0 Å². The van der Waals surface area contributed by atoms with Gasteiger partial charge in [-0.25, -0.2) is 8.42 Å². The number of aromatic amines is 1. The molecule has 1 saturated carbocycles. The fraction of sp³-hybridized carbons (Fsp3) is 0.800. The van der Waals surface area contributed by atoms with Crippen LogP contribution in [0.15, 0.2) is 6.20 Å². The molecule has 1 atom stereocenters. The van der Waals surface area contributed by atoms with E-state index in [-0.39, 0.29) is 18.3 Å². The van der Waals surface area contributed by atoms with Crippen LogP contribution < -0.4 is 4.72 Å². The lowest BCUT2D eigenvalue weighted by Gasteiger charge is -2.33. The molecule has 1 aliphatic carbocycles. The van der Waals surface area contributed by atoms with E-state index in [2.05, 4.69) is 19.8 Å². The summed E-state index contributed by atoms with van der Waals surface area (Å²) in [5.74, 6) is 0.277. The number of hydrogen-bond donors (Lipinski definition) is 2. The zero-order chi connectivity index (χ0) is 16.3. The van der Waals surface area contributed by atoms with Crippen LogP contribution in [0.5, 0.6) is 0 Å². The Labute approximate surface area is 150 Å². The molecule has 1 aromatic rings. The molecule has 2 heterocycles. The van der Waals surface area contributed by atoms with Crippen molar-refractivity contribution in [1.82, 2.24) is 15.1 Å². The third-order valence-corrected chi connectivity index (χ3v) is 5.28. The van der Waals surface area contributed by atoms with Crippen LogP contribution in [-0.2, 0) is 14.8 Å². The first-order chi connectivity index (χ1) is 11.0. The number of nitrogens with zero attached hydrogens (tertiary/aromatic N) is 2. The van der Waals surface area contributed by atoms with Gasteiger partial charge in [-0.05, 0) is 38.6 Å². The lowest BCUT2D eigenvalue weighted by atomic mass is 9.94. The molecule has 2 fully saturated rings. The highest BCUT2D eigenvalue weighted by Crippen LogP contribution is 2.30. The van der Waals surface area contributed by atoms with Crippen LogP contribution in [0.4, 0.5) is 5.69 Å². The van der Waals surface area contributed by atoms with Crippen molar-refractivity contribution >= 4 is 28.1 Å². The number of ether oxygens (including phenoxy) is 1. The van der Waals surface area contributed by atoms with Crippen LogP contribution in [0.1, 0.15) is 43.7 Å². The highest BCUT2D eigenvalue weighted by molar-refractivity contribution is 7.92. The van der Waals surface area contributed by atoms with Gasteiger partial charge in [0.2, 0.25) is 10.0 Å². The van der Waals surface area contributed by atoms with Crippen molar-refractivity contribution < 1.29 is 13.2 Å². The van der Waals surface area contributed by atoms with E-state index < -0.39 is 10.0 Å². The SMILES string of the molecule is CS(=O)(=O)Nc1cn[nH]c1C1CCCN(CCOC2CCC2)C1.Cl. The Balaban J connectivity index is 0.00000208. The van der Waals surface area contributed by atoms with Gasteiger partial charge in [-0.2, -0.15) is 5.10 Å². The summed E-state index contributed by atoms with van der Waals surface area (Å²) < 4.78 is 31.3. The van der Waals surface area contributed by atoms with Crippen LogP contribution in [0.2, 0.25) is 0 Å². The molecule has 0 bridgehead atoms. The van der Waals surface area contributed by atoms with Crippen LogP contribution in [0.3, 0.4) is 0 Å². The quantitative estimate of drug-likeness (QED) is 0.757. The molecule has 0 radical (unpaired) electrons. The standard InChI is InChI=1S/C15H26N4O3S.ClH/c1-23(20,21)18-14-10-16-17-15(14)12-4-3-7-19(11-12)8-9-22-13-5-2-6-13;/h10,12-13,18H,2-9,11H2,1H3,(H,16,17);1H. The predicted molar refractivity (Wildman–Crippen MR) is 96.3 cm³/mol. The predicted octanol–water partition coefficient (Wildman–Crippen LogP) is 1.95. The summed E-state index contributed by atoms with van der Waals surface area (Å²) in [5, 5.41) is 6.99. The van der Waals surface area contributed by atoms with Gasteiger partial charge in [-0.1, -0.05) is 0 Å². The van der Waals surface area contributed by atoms with E-state index in [1.54, 1.807) is 6.20 Å². The first-order valence-electron chi connectivity index (χ1n) is 8.36. The summed E-state index contributed by atoms with van der Waals surface area (Å²) in [5.41, 5.74) is 1.46. The zero-order valence-corrected chi connectivity index (χ0v) is 15.7. The monoisotopic (exact) mass is 378 g/mol. The molecule has 0 aromatic carbocycles. The molecule has 7 nitrogen and oxygen atoms in total. The summed E-state index contributed by atoms with van der Waals surface area (Å²) in [6, 6.07) is 0. The molecular weight excluding hydrogens is 352 g/mol. The Hall–Kier alpha value is -0.830. The molecule has 0 spiro atoms.